The number of sulfonamides is 1. The van der Waals surface area contributed by atoms with Gasteiger partial charge in [-0.2, -0.15) is 4.72 Å². The molecule has 0 saturated heterocycles. The minimum Gasteiger partial charge on any atom is -0.459 e. The maximum atomic E-state index is 12.4. The maximum absolute atomic E-state index is 12.4. The lowest BCUT2D eigenvalue weighted by molar-refractivity contribution is -0.158. The summed E-state index contributed by atoms with van der Waals surface area (Å²) in [5.74, 6) is -1.02. The van der Waals surface area contributed by atoms with E-state index in [0.29, 0.717) is 0 Å². The molecule has 142 valence electrons. The molecule has 10 heteroatoms. The van der Waals surface area contributed by atoms with Crippen molar-refractivity contribution in [3.8, 4) is 0 Å². The van der Waals surface area contributed by atoms with E-state index < -0.39 is 33.5 Å². The molecule has 0 aromatic carbocycles. The zero-order valence-corrected chi connectivity index (χ0v) is 16.4. The van der Waals surface area contributed by atoms with Gasteiger partial charge in [0.15, 0.2) is 5.76 Å². The predicted molar refractivity (Wildman–Crippen MR) is 89.2 cm³/mol. The van der Waals surface area contributed by atoms with Crippen LogP contribution in [0, 0.1) is 13.8 Å². The molecule has 1 atom stereocenters. The number of carbonyl (C=O) groups is 2. The Morgan fingerprint density at radius 1 is 1.32 bits per heavy atom. The number of ether oxygens (including phenoxy) is 1. The summed E-state index contributed by atoms with van der Waals surface area (Å²) in [6.07, 6.45) is 0. The van der Waals surface area contributed by atoms with Gasteiger partial charge in [-0.15, -0.1) is 0 Å². The minimum atomic E-state index is -3.98. The lowest BCUT2D eigenvalue weighted by Gasteiger charge is -2.24. The van der Waals surface area contributed by atoms with Crippen molar-refractivity contribution in [3.63, 3.8) is 0 Å². The number of likely N-dealkylation sites (N-methyl/N-ethyl adjacent to an activating group) is 1. The quantitative estimate of drug-likeness (QED) is 0.729. The second-order valence-electron chi connectivity index (χ2n) is 6.78. The van der Waals surface area contributed by atoms with Crippen LogP contribution in [0.15, 0.2) is 9.42 Å². The summed E-state index contributed by atoms with van der Waals surface area (Å²) in [5, 5.41) is 3.59. The molecule has 0 unspecified atom stereocenters. The normalized spacial score (nSPS) is 13.4. The van der Waals surface area contributed by atoms with Crippen LogP contribution in [0.5, 0.6) is 0 Å². The number of carbonyl (C=O) groups excluding carboxylic acids is 2. The van der Waals surface area contributed by atoms with Crippen molar-refractivity contribution in [2.24, 2.45) is 0 Å². The van der Waals surface area contributed by atoms with E-state index in [2.05, 4.69) is 9.88 Å². The first-order valence-corrected chi connectivity index (χ1v) is 9.15. The van der Waals surface area contributed by atoms with Gasteiger partial charge in [-0.1, -0.05) is 5.16 Å². The third kappa shape index (κ3) is 5.82. The molecule has 0 aliphatic heterocycles. The number of amides is 1. The van der Waals surface area contributed by atoms with Crippen LogP contribution in [0.4, 0.5) is 0 Å². The first-order chi connectivity index (χ1) is 11.2. The van der Waals surface area contributed by atoms with Gasteiger partial charge in [0.2, 0.25) is 15.9 Å². The van der Waals surface area contributed by atoms with E-state index in [1.54, 1.807) is 20.8 Å². The molecular formula is C15H25N3O6S. The molecule has 0 fully saturated rings. The number of hydrogen-bond acceptors (Lipinski definition) is 7. The van der Waals surface area contributed by atoms with Crippen molar-refractivity contribution >= 4 is 21.9 Å². The summed E-state index contributed by atoms with van der Waals surface area (Å²) in [6, 6.07) is -1.08. The van der Waals surface area contributed by atoms with E-state index >= 15 is 0 Å². The standard InChI is InChI=1S/C15H25N3O6S/c1-9-13(11(3)24-16-9)25(21,22)17-10(2)14(20)18(7)8-12(19)23-15(4,5)6/h10,17H,8H2,1-7H3/t10-/m0/s1. The Morgan fingerprint density at radius 3 is 2.32 bits per heavy atom. The lowest BCUT2D eigenvalue weighted by atomic mass is 10.2. The van der Waals surface area contributed by atoms with Crippen molar-refractivity contribution < 1.29 is 27.3 Å². The van der Waals surface area contributed by atoms with Gasteiger partial charge in [0, 0.05) is 7.05 Å². The van der Waals surface area contributed by atoms with Gasteiger partial charge in [0.1, 0.15) is 22.7 Å². The number of nitrogens with zero attached hydrogens (tertiary/aromatic N) is 2. The molecule has 1 rings (SSSR count). The van der Waals surface area contributed by atoms with Crippen molar-refractivity contribution in [1.82, 2.24) is 14.8 Å². The molecule has 1 aromatic rings. The molecule has 0 aliphatic carbocycles. The third-order valence-electron chi connectivity index (χ3n) is 3.10. The van der Waals surface area contributed by atoms with Gasteiger partial charge < -0.3 is 14.2 Å². The smallest absolute Gasteiger partial charge is 0.326 e. The Hall–Kier alpha value is -1.94. The maximum Gasteiger partial charge on any atom is 0.326 e. The molecule has 9 nitrogen and oxygen atoms in total. The fourth-order valence-corrected chi connectivity index (χ4v) is 3.70. The van der Waals surface area contributed by atoms with Crippen LogP contribution < -0.4 is 4.72 Å². The number of aromatic nitrogens is 1. The first-order valence-electron chi connectivity index (χ1n) is 7.66. The number of nitrogens with one attached hydrogen (secondary N) is 1. The van der Waals surface area contributed by atoms with Crippen LogP contribution in [0.3, 0.4) is 0 Å². The molecule has 0 aliphatic rings. The molecule has 1 amide bonds. The van der Waals surface area contributed by atoms with Crippen LogP contribution >= 0.6 is 0 Å². The highest BCUT2D eigenvalue weighted by molar-refractivity contribution is 7.89. The van der Waals surface area contributed by atoms with E-state index in [-0.39, 0.29) is 22.9 Å². The Kier molecular flexibility index (Phi) is 6.35. The van der Waals surface area contributed by atoms with Gasteiger partial charge in [0.05, 0.1) is 6.04 Å². The van der Waals surface area contributed by atoms with Crippen molar-refractivity contribution in [2.45, 2.75) is 58.1 Å². The molecule has 1 heterocycles. The molecule has 0 saturated carbocycles. The zero-order chi connectivity index (χ0) is 19.6. The summed E-state index contributed by atoms with van der Waals surface area (Å²) in [6.45, 7) is 9.21. The van der Waals surface area contributed by atoms with Crippen molar-refractivity contribution in [1.29, 1.82) is 0 Å². The van der Waals surface area contributed by atoms with Gasteiger partial charge in [-0.25, -0.2) is 8.42 Å². The Bertz CT molecular complexity index is 728. The highest BCUT2D eigenvalue weighted by Gasteiger charge is 2.30. The van der Waals surface area contributed by atoms with E-state index in [9.17, 15) is 18.0 Å². The second-order valence-corrected chi connectivity index (χ2v) is 8.43. The number of rotatable bonds is 6. The van der Waals surface area contributed by atoms with Crippen molar-refractivity contribution in [3.05, 3.63) is 11.5 Å². The number of esters is 1. The first kappa shape index (κ1) is 21.1. The summed E-state index contributed by atoms with van der Waals surface area (Å²) in [5.41, 5.74) is -0.468. The molecule has 0 radical (unpaired) electrons. The van der Waals surface area contributed by atoms with Gasteiger partial charge in [-0.05, 0) is 41.5 Å². The number of hydrogen-bond donors (Lipinski definition) is 1. The van der Waals surface area contributed by atoms with Crippen molar-refractivity contribution in [2.75, 3.05) is 13.6 Å². The van der Waals surface area contributed by atoms with E-state index in [1.807, 2.05) is 0 Å². The number of aryl methyl sites for hydroxylation is 2. The van der Waals surface area contributed by atoms with E-state index in [4.69, 9.17) is 9.26 Å². The van der Waals surface area contributed by atoms with Crippen LogP contribution in [0.1, 0.15) is 39.1 Å². The highest BCUT2D eigenvalue weighted by Crippen LogP contribution is 2.19. The third-order valence-corrected chi connectivity index (χ3v) is 4.89. The Balaban J connectivity index is 2.78. The highest BCUT2D eigenvalue weighted by atomic mass is 32.2. The van der Waals surface area contributed by atoms with E-state index in [0.717, 1.165) is 4.90 Å². The zero-order valence-electron chi connectivity index (χ0n) is 15.5. The fourth-order valence-electron chi connectivity index (χ4n) is 2.18. The minimum absolute atomic E-state index is 0.0954. The molecule has 0 spiro atoms. The monoisotopic (exact) mass is 375 g/mol. The average Bonchev–Trinajstić information content (AvgIpc) is 2.74. The molecule has 0 bridgehead atoms. The van der Waals surface area contributed by atoms with Crippen LogP contribution in [0.25, 0.3) is 0 Å². The summed E-state index contributed by atoms with van der Waals surface area (Å²) in [7, 11) is -2.59. The summed E-state index contributed by atoms with van der Waals surface area (Å²) >= 11 is 0. The van der Waals surface area contributed by atoms with E-state index in [1.165, 1.54) is 27.8 Å². The van der Waals surface area contributed by atoms with Gasteiger partial charge in [0.25, 0.3) is 0 Å². The Labute approximate surface area is 147 Å². The van der Waals surface area contributed by atoms with Gasteiger partial charge in [-0.3, -0.25) is 9.59 Å². The van der Waals surface area contributed by atoms with Crippen LogP contribution in [0.2, 0.25) is 0 Å². The average molecular weight is 375 g/mol. The fraction of sp³-hybridized carbons (Fsp3) is 0.667. The lowest BCUT2D eigenvalue weighted by Crippen LogP contribution is -2.47. The summed E-state index contributed by atoms with van der Waals surface area (Å²) < 4.78 is 37.1. The second kappa shape index (κ2) is 7.52. The topological polar surface area (TPSA) is 119 Å². The van der Waals surface area contributed by atoms with Gasteiger partial charge >= 0.3 is 5.97 Å². The SMILES string of the molecule is Cc1noc(C)c1S(=O)(=O)N[C@@H](C)C(=O)N(C)CC(=O)OC(C)(C)C. The molecular weight excluding hydrogens is 350 g/mol. The predicted octanol–water partition coefficient (Wildman–Crippen LogP) is 0.758. The Morgan fingerprint density at radius 2 is 1.88 bits per heavy atom. The molecule has 1 aromatic heterocycles. The summed E-state index contributed by atoms with van der Waals surface area (Å²) in [4.78, 5) is 25.1. The molecule has 1 N–H and O–H groups in total. The molecule has 25 heavy (non-hydrogen) atoms. The van der Waals surface area contributed by atoms with Crippen LogP contribution in [-0.4, -0.2) is 55.6 Å². The van der Waals surface area contributed by atoms with Crippen LogP contribution in [-0.2, 0) is 24.3 Å². The largest absolute Gasteiger partial charge is 0.459 e.